The molecule has 1 atom stereocenters. The highest BCUT2D eigenvalue weighted by molar-refractivity contribution is 6.33. The van der Waals surface area contributed by atoms with Crippen molar-refractivity contribution < 1.29 is 27.6 Å². The average molecular weight is 469 g/mol. The molecule has 0 fully saturated rings. The third-order valence-electron chi connectivity index (χ3n) is 4.74. The van der Waals surface area contributed by atoms with Gasteiger partial charge < -0.3 is 10.6 Å². The van der Waals surface area contributed by atoms with Crippen molar-refractivity contribution in [2.75, 3.05) is 35.7 Å². The minimum atomic E-state index is -4.83. The molecule has 2 aromatic carbocycles. The number of amides is 3. The number of benzene rings is 2. The van der Waals surface area contributed by atoms with Gasteiger partial charge in [0.1, 0.15) is 6.04 Å². The highest BCUT2D eigenvalue weighted by Crippen LogP contribution is 2.37. The fourth-order valence-corrected chi connectivity index (χ4v) is 3.54. The van der Waals surface area contributed by atoms with Gasteiger partial charge in [0.2, 0.25) is 17.7 Å². The number of carbonyl (C=O) groups is 3. The molecule has 0 spiro atoms. The Labute approximate surface area is 187 Å². The van der Waals surface area contributed by atoms with Gasteiger partial charge in [-0.15, -0.1) is 0 Å². The average Bonchev–Trinajstić information content (AvgIpc) is 2.85. The van der Waals surface area contributed by atoms with E-state index in [4.69, 9.17) is 11.6 Å². The van der Waals surface area contributed by atoms with Crippen LogP contribution in [0.15, 0.2) is 48.5 Å². The Morgan fingerprint density at radius 1 is 1.16 bits per heavy atom. The van der Waals surface area contributed by atoms with E-state index < -0.39 is 42.9 Å². The van der Waals surface area contributed by atoms with Crippen LogP contribution in [0, 0.1) is 0 Å². The molecule has 0 saturated heterocycles. The summed E-state index contributed by atoms with van der Waals surface area (Å²) in [6.07, 6.45) is -5.76. The molecule has 32 heavy (non-hydrogen) atoms. The maximum atomic E-state index is 13.8. The summed E-state index contributed by atoms with van der Waals surface area (Å²) in [7, 11) is 1.43. The summed E-state index contributed by atoms with van der Waals surface area (Å²) >= 11 is 6.00. The van der Waals surface area contributed by atoms with Crippen LogP contribution >= 0.6 is 11.6 Å². The lowest BCUT2D eigenvalue weighted by Gasteiger charge is -2.32. The van der Waals surface area contributed by atoms with E-state index in [0.29, 0.717) is 15.6 Å². The normalized spacial score (nSPS) is 16.2. The van der Waals surface area contributed by atoms with E-state index in [1.54, 1.807) is 30.3 Å². The third kappa shape index (κ3) is 5.57. The molecule has 3 rings (SSSR count). The number of carbonyl (C=O) groups excluding carboxylic acids is 3. The van der Waals surface area contributed by atoms with Crippen LogP contribution in [0.2, 0.25) is 5.02 Å². The lowest BCUT2D eigenvalue weighted by Crippen LogP contribution is -2.52. The number of hydrogen-bond acceptors (Lipinski definition) is 4. The SMILES string of the molecule is CN(CC(=O)Nc1ccccc1Cl)CC(=O)N1c2ccccc2NC(=O)CC1C(F)(F)F. The highest BCUT2D eigenvalue weighted by atomic mass is 35.5. The molecule has 0 aromatic heterocycles. The zero-order chi connectivity index (χ0) is 23.5. The Morgan fingerprint density at radius 3 is 2.50 bits per heavy atom. The van der Waals surface area contributed by atoms with Gasteiger partial charge in [-0.1, -0.05) is 35.9 Å². The number of hydrogen-bond donors (Lipinski definition) is 2. The van der Waals surface area contributed by atoms with Gasteiger partial charge in [0.25, 0.3) is 0 Å². The summed E-state index contributed by atoms with van der Waals surface area (Å²) in [5.41, 5.74) is 0.429. The summed E-state index contributed by atoms with van der Waals surface area (Å²) in [6.45, 7) is -0.745. The predicted octanol–water partition coefficient (Wildman–Crippen LogP) is 3.52. The molecule has 2 N–H and O–H groups in total. The first-order valence-corrected chi connectivity index (χ1v) is 9.94. The first kappa shape index (κ1) is 23.6. The topological polar surface area (TPSA) is 81.8 Å². The molecule has 11 heteroatoms. The number of fused-ring (bicyclic) bond motifs is 1. The molecule has 7 nitrogen and oxygen atoms in total. The maximum absolute atomic E-state index is 13.8. The van der Waals surface area contributed by atoms with Gasteiger partial charge in [-0.05, 0) is 31.3 Å². The number of para-hydroxylation sites is 3. The molecule has 1 heterocycles. The summed E-state index contributed by atoms with van der Waals surface area (Å²) in [5, 5.41) is 5.32. The first-order chi connectivity index (χ1) is 15.1. The van der Waals surface area contributed by atoms with Crippen molar-refractivity contribution in [3.63, 3.8) is 0 Å². The summed E-state index contributed by atoms with van der Waals surface area (Å²) in [5.74, 6) is -2.24. The Kier molecular flexibility index (Phi) is 7.05. The number of likely N-dealkylation sites (N-methyl/N-ethyl adjacent to an activating group) is 1. The summed E-state index contributed by atoms with van der Waals surface area (Å²) in [6, 6.07) is 10.0. The number of rotatable bonds is 5. The second kappa shape index (κ2) is 9.58. The molecule has 1 aliphatic heterocycles. The quantitative estimate of drug-likeness (QED) is 0.703. The van der Waals surface area contributed by atoms with Crippen LogP contribution in [-0.2, 0) is 14.4 Å². The van der Waals surface area contributed by atoms with Gasteiger partial charge in [0.05, 0.1) is 41.6 Å². The second-order valence-electron chi connectivity index (χ2n) is 7.29. The summed E-state index contributed by atoms with van der Waals surface area (Å²) in [4.78, 5) is 39.1. The molecular weight excluding hydrogens is 449 g/mol. The van der Waals surface area contributed by atoms with Crippen LogP contribution in [0.25, 0.3) is 0 Å². The second-order valence-corrected chi connectivity index (χ2v) is 7.70. The van der Waals surface area contributed by atoms with E-state index in [-0.39, 0.29) is 17.9 Å². The van der Waals surface area contributed by atoms with Crippen LogP contribution < -0.4 is 15.5 Å². The van der Waals surface area contributed by atoms with Crippen LogP contribution in [0.5, 0.6) is 0 Å². The number of anilines is 3. The van der Waals surface area contributed by atoms with E-state index in [1.165, 1.54) is 30.1 Å². The molecular formula is C21H20ClF3N4O3. The third-order valence-corrected chi connectivity index (χ3v) is 5.07. The van der Waals surface area contributed by atoms with Crippen molar-refractivity contribution in [3.05, 3.63) is 53.6 Å². The van der Waals surface area contributed by atoms with Crippen LogP contribution in [0.4, 0.5) is 30.2 Å². The minimum absolute atomic E-state index is 0.0559. The van der Waals surface area contributed by atoms with Crippen LogP contribution in [-0.4, -0.2) is 55.0 Å². The molecule has 3 amide bonds. The number of halogens is 4. The Morgan fingerprint density at radius 2 is 1.81 bits per heavy atom. The maximum Gasteiger partial charge on any atom is 0.409 e. The molecule has 0 aliphatic carbocycles. The van der Waals surface area contributed by atoms with E-state index in [0.717, 1.165) is 0 Å². The van der Waals surface area contributed by atoms with Crippen molar-refractivity contribution >= 4 is 46.4 Å². The summed E-state index contributed by atoms with van der Waals surface area (Å²) < 4.78 is 41.3. The largest absolute Gasteiger partial charge is 0.409 e. The van der Waals surface area contributed by atoms with E-state index in [2.05, 4.69) is 10.6 Å². The zero-order valence-corrected chi connectivity index (χ0v) is 17.7. The van der Waals surface area contributed by atoms with E-state index in [9.17, 15) is 27.6 Å². The number of alkyl halides is 3. The Balaban J connectivity index is 1.77. The van der Waals surface area contributed by atoms with Gasteiger partial charge in [-0.25, -0.2) is 0 Å². The Hall–Kier alpha value is -3.11. The van der Waals surface area contributed by atoms with Crippen molar-refractivity contribution in [1.29, 1.82) is 0 Å². The van der Waals surface area contributed by atoms with Gasteiger partial charge in [-0.3, -0.25) is 24.2 Å². The molecule has 0 bridgehead atoms. The standard InChI is InChI=1S/C21H20ClF3N4O3/c1-28(11-19(31)26-14-7-3-2-6-13(14)22)12-20(32)29-16-9-5-4-8-15(16)27-18(30)10-17(29)21(23,24)25/h2-9,17H,10-12H2,1H3,(H,26,31)(H,27,30). The Bertz CT molecular complexity index is 1030. The van der Waals surface area contributed by atoms with E-state index >= 15 is 0 Å². The lowest BCUT2D eigenvalue weighted by molar-refractivity contribution is -0.158. The fraction of sp³-hybridized carbons (Fsp3) is 0.286. The molecule has 170 valence electrons. The van der Waals surface area contributed by atoms with Crippen molar-refractivity contribution in [3.8, 4) is 0 Å². The minimum Gasteiger partial charge on any atom is -0.324 e. The molecule has 0 saturated carbocycles. The lowest BCUT2D eigenvalue weighted by atomic mass is 10.1. The fourth-order valence-electron chi connectivity index (χ4n) is 3.36. The zero-order valence-electron chi connectivity index (χ0n) is 16.9. The number of nitrogens with one attached hydrogen (secondary N) is 2. The van der Waals surface area contributed by atoms with Crippen LogP contribution in [0.3, 0.4) is 0 Å². The van der Waals surface area contributed by atoms with E-state index in [1.807, 2.05) is 0 Å². The molecule has 0 radical (unpaired) electrons. The van der Waals surface area contributed by atoms with Gasteiger partial charge in [-0.2, -0.15) is 13.2 Å². The number of nitrogens with zero attached hydrogens (tertiary/aromatic N) is 2. The van der Waals surface area contributed by atoms with Crippen LogP contribution in [0.1, 0.15) is 6.42 Å². The first-order valence-electron chi connectivity index (χ1n) is 9.57. The molecule has 2 aromatic rings. The smallest absolute Gasteiger partial charge is 0.324 e. The molecule has 1 unspecified atom stereocenters. The molecule has 1 aliphatic rings. The predicted molar refractivity (Wildman–Crippen MR) is 115 cm³/mol. The van der Waals surface area contributed by atoms with Gasteiger partial charge in [0.15, 0.2) is 0 Å². The van der Waals surface area contributed by atoms with Crippen molar-refractivity contribution in [2.45, 2.75) is 18.6 Å². The van der Waals surface area contributed by atoms with Crippen molar-refractivity contribution in [1.82, 2.24) is 4.90 Å². The van der Waals surface area contributed by atoms with Crippen molar-refractivity contribution in [2.24, 2.45) is 0 Å². The van der Waals surface area contributed by atoms with Gasteiger partial charge >= 0.3 is 6.18 Å². The monoisotopic (exact) mass is 468 g/mol. The van der Waals surface area contributed by atoms with Gasteiger partial charge in [0, 0.05) is 0 Å². The highest BCUT2D eigenvalue weighted by Gasteiger charge is 2.49.